The molecule has 1 N–H and O–H groups in total. The summed E-state index contributed by atoms with van der Waals surface area (Å²) in [4.78, 5) is 23.3. The Balaban J connectivity index is 1.36. The molecule has 3 heterocycles. The second-order valence-corrected chi connectivity index (χ2v) is 6.33. The summed E-state index contributed by atoms with van der Waals surface area (Å²) >= 11 is 0. The van der Waals surface area contributed by atoms with E-state index in [1.54, 1.807) is 6.20 Å². The lowest BCUT2D eigenvalue weighted by molar-refractivity contribution is -0.115. The van der Waals surface area contributed by atoms with Crippen LogP contribution in [0.25, 0.3) is 11.5 Å². The standard InChI is InChI=1S/C20H20N4O2/c25-19(12-17-14-26-20(23-17)15-6-2-1-3-7-15)22-16-8-9-18(21-13-16)24-10-4-5-11-24/h1-3,6-9,13-14H,4-5,10-12H2,(H,22,25). The second-order valence-electron chi connectivity index (χ2n) is 6.33. The van der Waals surface area contributed by atoms with E-state index in [9.17, 15) is 4.79 Å². The Bertz CT molecular complexity index is 868. The van der Waals surface area contributed by atoms with Crippen molar-refractivity contribution in [1.29, 1.82) is 0 Å². The zero-order chi connectivity index (χ0) is 17.8. The minimum atomic E-state index is -0.145. The highest BCUT2D eigenvalue weighted by atomic mass is 16.3. The Morgan fingerprint density at radius 1 is 1.12 bits per heavy atom. The molecule has 0 radical (unpaired) electrons. The van der Waals surface area contributed by atoms with E-state index in [0.29, 0.717) is 17.3 Å². The summed E-state index contributed by atoms with van der Waals surface area (Å²) in [5, 5.41) is 2.86. The number of carbonyl (C=O) groups excluding carboxylic acids is 1. The number of nitrogens with zero attached hydrogens (tertiary/aromatic N) is 3. The monoisotopic (exact) mass is 348 g/mol. The van der Waals surface area contributed by atoms with Gasteiger partial charge in [-0.05, 0) is 37.1 Å². The Labute approximate surface area is 151 Å². The van der Waals surface area contributed by atoms with Crippen LogP contribution in [-0.4, -0.2) is 29.0 Å². The van der Waals surface area contributed by atoms with E-state index in [4.69, 9.17) is 4.42 Å². The molecule has 26 heavy (non-hydrogen) atoms. The van der Waals surface area contributed by atoms with E-state index >= 15 is 0 Å². The number of oxazole rings is 1. The van der Waals surface area contributed by atoms with Crippen molar-refractivity contribution in [3.63, 3.8) is 0 Å². The number of benzene rings is 1. The molecular formula is C20H20N4O2. The van der Waals surface area contributed by atoms with E-state index in [1.165, 1.54) is 19.1 Å². The van der Waals surface area contributed by atoms with E-state index in [0.717, 1.165) is 24.5 Å². The van der Waals surface area contributed by atoms with Gasteiger partial charge in [0.25, 0.3) is 0 Å². The van der Waals surface area contributed by atoms with Gasteiger partial charge in [0.15, 0.2) is 0 Å². The van der Waals surface area contributed by atoms with Crippen LogP contribution < -0.4 is 10.2 Å². The fraction of sp³-hybridized carbons (Fsp3) is 0.250. The van der Waals surface area contributed by atoms with E-state index < -0.39 is 0 Å². The quantitative estimate of drug-likeness (QED) is 0.764. The van der Waals surface area contributed by atoms with Crippen molar-refractivity contribution in [2.45, 2.75) is 19.3 Å². The maximum atomic E-state index is 12.2. The molecule has 4 rings (SSSR count). The van der Waals surface area contributed by atoms with Crippen LogP contribution in [0, 0.1) is 0 Å². The molecule has 6 heteroatoms. The minimum absolute atomic E-state index is 0.145. The summed E-state index contributed by atoms with van der Waals surface area (Å²) in [6, 6.07) is 13.5. The minimum Gasteiger partial charge on any atom is -0.444 e. The summed E-state index contributed by atoms with van der Waals surface area (Å²) in [6.45, 7) is 2.10. The molecule has 6 nitrogen and oxygen atoms in total. The number of hydrogen-bond donors (Lipinski definition) is 1. The molecule has 0 spiro atoms. The predicted molar refractivity (Wildman–Crippen MR) is 100.0 cm³/mol. The highest BCUT2D eigenvalue weighted by molar-refractivity contribution is 5.92. The molecule has 2 aromatic heterocycles. The number of pyridine rings is 1. The molecule has 1 aromatic carbocycles. The third-order valence-electron chi connectivity index (χ3n) is 4.38. The molecule has 1 amide bonds. The third-order valence-corrected chi connectivity index (χ3v) is 4.38. The zero-order valence-electron chi connectivity index (χ0n) is 14.4. The Hall–Kier alpha value is -3.15. The fourth-order valence-corrected chi connectivity index (χ4v) is 3.06. The van der Waals surface area contributed by atoms with Gasteiger partial charge in [-0.2, -0.15) is 0 Å². The molecule has 0 unspecified atom stereocenters. The number of hydrogen-bond acceptors (Lipinski definition) is 5. The summed E-state index contributed by atoms with van der Waals surface area (Å²) in [6.07, 6.45) is 5.80. The highest BCUT2D eigenvalue weighted by Gasteiger charge is 2.14. The van der Waals surface area contributed by atoms with Crippen LogP contribution in [-0.2, 0) is 11.2 Å². The van der Waals surface area contributed by atoms with Crippen LogP contribution in [0.3, 0.4) is 0 Å². The molecule has 0 bridgehead atoms. The molecule has 1 fully saturated rings. The van der Waals surface area contributed by atoms with E-state index in [-0.39, 0.29) is 12.3 Å². The zero-order valence-corrected chi connectivity index (χ0v) is 14.4. The molecule has 0 atom stereocenters. The maximum Gasteiger partial charge on any atom is 0.230 e. The van der Waals surface area contributed by atoms with Crippen LogP contribution in [0.5, 0.6) is 0 Å². The summed E-state index contributed by atoms with van der Waals surface area (Å²) in [7, 11) is 0. The van der Waals surface area contributed by atoms with Gasteiger partial charge in [-0.15, -0.1) is 0 Å². The molecule has 132 valence electrons. The average Bonchev–Trinajstić information content (AvgIpc) is 3.35. The third kappa shape index (κ3) is 3.74. The summed E-state index contributed by atoms with van der Waals surface area (Å²) in [5.74, 6) is 1.34. The molecule has 1 saturated heterocycles. The Morgan fingerprint density at radius 2 is 1.92 bits per heavy atom. The normalized spacial score (nSPS) is 13.8. The molecule has 1 aliphatic rings. The van der Waals surface area contributed by atoms with Crippen molar-refractivity contribution in [3.8, 4) is 11.5 Å². The van der Waals surface area contributed by atoms with Crippen molar-refractivity contribution in [1.82, 2.24) is 9.97 Å². The van der Waals surface area contributed by atoms with Gasteiger partial charge in [-0.3, -0.25) is 4.79 Å². The molecule has 0 aliphatic carbocycles. The van der Waals surface area contributed by atoms with Gasteiger partial charge in [0.2, 0.25) is 11.8 Å². The second kappa shape index (κ2) is 7.39. The average molecular weight is 348 g/mol. The Kier molecular flexibility index (Phi) is 4.64. The van der Waals surface area contributed by atoms with Crippen molar-refractivity contribution in [2.75, 3.05) is 23.3 Å². The first-order valence-electron chi connectivity index (χ1n) is 8.78. The van der Waals surface area contributed by atoms with Gasteiger partial charge < -0.3 is 14.6 Å². The van der Waals surface area contributed by atoms with Gasteiger partial charge in [0, 0.05) is 18.7 Å². The van der Waals surface area contributed by atoms with Gasteiger partial charge in [0.1, 0.15) is 12.1 Å². The van der Waals surface area contributed by atoms with Crippen LogP contribution in [0.4, 0.5) is 11.5 Å². The number of rotatable bonds is 5. The van der Waals surface area contributed by atoms with Gasteiger partial charge in [0.05, 0.1) is 24.0 Å². The number of anilines is 2. The van der Waals surface area contributed by atoms with Crippen molar-refractivity contribution < 1.29 is 9.21 Å². The number of aromatic nitrogens is 2. The topological polar surface area (TPSA) is 71.3 Å². The first-order chi connectivity index (χ1) is 12.8. The lowest BCUT2D eigenvalue weighted by Gasteiger charge is -2.16. The van der Waals surface area contributed by atoms with Gasteiger partial charge in [-0.1, -0.05) is 18.2 Å². The maximum absolute atomic E-state index is 12.2. The first-order valence-corrected chi connectivity index (χ1v) is 8.78. The van der Waals surface area contributed by atoms with Crippen molar-refractivity contribution in [3.05, 3.63) is 60.6 Å². The Morgan fingerprint density at radius 3 is 2.65 bits per heavy atom. The first kappa shape index (κ1) is 16.3. The smallest absolute Gasteiger partial charge is 0.230 e. The SMILES string of the molecule is O=C(Cc1coc(-c2ccccc2)n1)Nc1ccc(N2CCCC2)nc1. The van der Waals surface area contributed by atoms with Gasteiger partial charge in [-0.25, -0.2) is 9.97 Å². The lowest BCUT2D eigenvalue weighted by atomic mass is 10.2. The largest absolute Gasteiger partial charge is 0.444 e. The van der Waals surface area contributed by atoms with E-state index in [2.05, 4.69) is 20.2 Å². The summed E-state index contributed by atoms with van der Waals surface area (Å²) in [5.41, 5.74) is 2.17. The van der Waals surface area contributed by atoms with Crippen molar-refractivity contribution >= 4 is 17.4 Å². The van der Waals surface area contributed by atoms with Crippen LogP contribution in [0.2, 0.25) is 0 Å². The predicted octanol–water partition coefficient (Wildman–Crippen LogP) is 3.52. The molecule has 3 aromatic rings. The molecule has 0 saturated carbocycles. The number of amides is 1. The van der Waals surface area contributed by atoms with Crippen LogP contribution >= 0.6 is 0 Å². The van der Waals surface area contributed by atoms with Crippen LogP contribution in [0.1, 0.15) is 18.5 Å². The molecular weight excluding hydrogens is 328 g/mol. The highest BCUT2D eigenvalue weighted by Crippen LogP contribution is 2.20. The van der Waals surface area contributed by atoms with Gasteiger partial charge >= 0.3 is 0 Å². The van der Waals surface area contributed by atoms with E-state index in [1.807, 2.05) is 42.5 Å². The number of carbonyl (C=O) groups is 1. The lowest BCUT2D eigenvalue weighted by Crippen LogP contribution is -2.19. The number of nitrogens with one attached hydrogen (secondary N) is 1. The van der Waals surface area contributed by atoms with Crippen molar-refractivity contribution in [2.24, 2.45) is 0 Å². The molecule has 1 aliphatic heterocycles. The summed E-state index contributed by atoms with van der Waals surface area (Å²) < 4.78 is 5.47. The van der Waals surface area contributed by atoms with Crippen LogP contribution in [0.15, 0.2) is 59.3 Å². The fourth-order valence-electron chi connectivity index (χ4n) is 3.06.